The van der Waals surface area contributed by atoms with Crippen molar-refractivity contribution in [3.8, 4) is 0 Å². The molecule has 0 aliphatic carbocycles. The maximum Gasteiger partial charge on any atom is 0.469 e. The molecule has 0 aromatic rings. The fraction of sp³-hybridized carbons (Fsp3) is 1.00. The summed E-state index contributed by atoms with van der Waals surface area (Å²) in [5, 5.41) is 0. The molecule has 0 aliphatic rings. The lowest BCUT2D eigenvalue weighted by atomic mass is 10.0. The second kappa shape index (κ2) is 22.4. The summed E-state index contributed by atoms with van der Waals surface area (Å²) in [7, 11) is 1.68. The van der Waals surface area contributed by atoms with Gasteiger partial charge in [0.15, 0.2) is 0 Å². The van der Waals surface area contributed by atoms with Crippen molar-refractivity contribution in [1.82, 2.24) is 0 Å². The molecule has 0 aromatic heterocycles. The second-order valence-electron chi connectivity index (χ2n) is 11.1. The van der Waals surface area contributed by atoms with E-state index in [2.05, 4.69) is 13.2 Å². The SMILES string of the molecule is CCCCCCCCCCCCCCCCCOCC(CSC)CC(COP(=O)(O)O)[N+](C)(C)C. The first-order valence-corrected chi connectivity index (χ1v) is 17.1. The van der Waals surface area contributed by atoms with Gasteiger partial charge in [-0.1, -0.05) is 96.8 Å². The minimum absolute atomic E-state index is 0.00849. The van der Waals surface area contributed by atoms with Crippen LogP contribution in [-0.4, -0.2) is 73.3 Å². The van der Waals surface area contributed by atoms with E-state index in [9.17, 15) is 4.57 Å². The van der Waals surface area contributed by atoms with Crippen molar-refractivity contribution in [1.29, 1.82) is 0 Å². The number of nitrogens with zero attached hydrogens (tertiary/aromatic N) is 1. The minimum atomic E-state index is -4.45. The number of phosphoric ester groups is 1. The molecule has 0 radical (unpaired) electrons. The monoisotopic (exact) mass is 540 g/mol. The van der Waals surface area contributed by atoms with Gasteiger partial charge in [-0.2, -0.15) is 11.8 Å². The van der Waals surface area contributed by atoms with Crippen LogP contribution < -0.4 is 0 Å². The quantitative estimate of drug-likeness (QED) is 0.0675. The Labute approximate surface area is 222 Å². The molecule has 0 fully saturated rings. The molecule has 0 aromatic carbocycles. The zero-order valence-electron chi connectivity index (χ0n) is 23.7. The highest BCUT2D eigenvalue weighted by Crippen LogP contribution is 2.36. The van der Waals surface area contributed by atoms with Gasteiger partial charge in [-0.3, -0.25) is 4.52 Å². The van der Waals surface area contributed by atoms with Crippen molar-refractivity contribution in [2.24, 2.45) is 5.92 Å². The molecule has 2 unspecified atom stereocenters. The molecular formula is C27H59NO5PS+. The van der Waals surface area contributed by atoms with E-state index >= 15 is 0 Å². The van der Waals surface area contributed by atoms with Gasteiger partial charge in [-0.15, -0.1) is 0 Å². The van der Waals surface area contributed by atoms with Crippen LogP contribution in [0.1, 0.15) is 110 Å². The molecule has 0 heterocycles. The Bertz CT molecular complexity index is 512. The van der Waals surface area contributed by atoms with Crippen LogP contribution >= 0.6 is 19.6 Å². The Morgan fingerprint density at radius 1 is 0.771 bits per heavy atom. The number of quaternary nitrogens is 1. The van der Waals surface area contributed by atoms with Crippen molar-refractivity contribution >= 4 is 19.6 Å². The van der Waals surface area contributed by atoms with Gasteiger partial charge in [0.1, 0.15) is 12.6 Å². The normalized spacial score (nSPS) is 14.4. The summed E-state index contributed by atoms with van der Waals surface area (Å²) in [6.45, 7) is 3.83. The average molecular weight is 541 g/mol. The van der Waals surface area contributed by atoms with Crippen molar-refractivity contribution in [2.45, 2.75) is 116 Å². The van der Waals surface area contributed by atoms with Gasteiger partial charge >= 0.3 is 7.82 Å². The summed E-state index contributed by atoms with van der Waals surface area (Å²) < 4.78 is 22.6. The Morgan fingerprint density at radius 2 is 1.23 bits per heavy atom. The molecule has 0 rings (SSSR count). The summed E-state index contributed by atoms with van der Waals surface area (Å²) in [5.74, 6) is 1.33. The first-order chi connectivity index (χ1) is 16.6. The van der Waals surface area contributed by atoms with Gasteiger partial charge in [-0.25, -0.2) is 4.57 Å². The van der Waals surface area contributed by atoms with Crippen LogP contribution in [0.4, 0.5) is 0 Å². The lowest BCUT2D eigenvalue weighted by molar-refractivity contribution is -0.897. The lowest BCUT2D eigenvalue weighted by Crippen LogP contribution is -2.49. The summed E-state index contributed by atoms with van der Waals surface area (Å²) in [5.41, 5.74) is 0. The first-order valence-electron chi connectivity index (χ1n) is 14.2. The molecule has 0 aliphatic heterocycles. The zero-order chi connectivity index (χ0) is 26.4. The Balaban J connectivity index is 3.81. The smallest absolute Gasteiger partial charge is 0.381 e. The van der Waals surface area contributed by atoms with Crippen LogP contribution in [-0.2, 0) is 13.8 Å². The van der Waals surface area contributed by atoms with Crippen LogP contribution in [0.15, 0.2) is 0 Å². The molecule has 2 N–H and O–H groups in total. The molecule has 0 spiro atoms. The van der Waals surface area contributed by atoms with Gasteiger partial charge < -0.3 is 19.0 Å². The largest absolute Gasteiger partial charge is 0.469 e. The number of hydrogen-bond acceptors (Lipinski definition) is 4. The molecule has 0 saturated heterocycles. The third kappa shape index (κ3) is 24.5. The number of thioether (sulfide) groups is 1. The molecule has 35 heavy (non-hydrogen) atoms. The van der Waals surface area contributed by atoms with Gasteiger partial charge in [0, 0.05) is 13.0 Å². The Hall–Kier alpha value is 0.380. The van der Waals surface area contributed by atoms with Crippen molar-refractivity contribution in [3.63, 3.8) is 0 Å². The maximum absolute atomic E-state index is 11.2. The predicted octanol–water partition coefficient (Wildman–Crippen LogP) is 7.43. The van der Waals surface area contributed by atoms with E-state index in [1.807, 2.05) is 21.1 Å². The average Bonchev–Trinajstić information content (AvgIpc) is 2.77. The Kier molecular flexibility index (Phi) is 22.6. The molecular weight excluding hydrogens is 481 g/mol. The first kappa shape index (κ1) is 35.4. The maximum atomic E-state index is 11.2. The van der Waals surface area contributed by atoms with Gasteiger partial charge in [0.05, 0.1) is 27.7 Å². The highest BCUT2D eigenvalue weighted by Gasteiger charge is 2.30. The zero-order valence-corrected chi connectivity index (χ0v) is 25.4. The second-order valence-corrected chi connectivity index (χ2v) is 13.3. The van der Waals surface area contributed by atoms with E-state index in [0.29, 0.717) is 17.0 Å². The summed E-state index contributed by atoms with van der Waals surface area (Å²) in [6, 6.07) is 0.00849. The van der Waals surface area contributed by atoms with E-state index in [0.717, 1.165) is 25.2 Å². The van der Waals surface area contributed by atoms with Crippen LogP contribution in [0.5, 0.6) is 0 Å². The molecule has 2 atom stereocenters. The third-order valence-corrected chi connectivity index (χ3v) is 8.07. The van der Waals surface area contributed by atoms with Crippen molar-refractivity contribution in [2.75, 3.05) is 53.0 Å². The molecule has 0 amide bonds. The fourth-order valence-electron chi connectivity index (χ4n) is 4.42. The number of likely N-dealkylation sites (N-methyl/N-ethyl adjacent to an activating group) is 1. The molecule has 0 bridgehead atoms. The van der Waals surface area contributed by atoms with E-state index < -0.39 is 7.82 Å². The van der Waals surface area contributed by atoms with E-state index in [1.165, 1.54) is 89.9 Å². The highest BCUT2D eigenvalue weighted by atomic mass is 32.2. The van der Waals surface area contributed by atoms with Gasteiger partial charge in [0.2, 0.25) is 0 Å². The number of rotatable bonds is 26. The van der Waals surface area contributed by atoms with E-state index in [1.54, 1.807) is 11.8 Å². The predicted molar refractivity (Wildman–Crippen MR) is 152 cm³/mol. The molecule has 212 valence electrons. The van der Waals surface area contributed by atoms with E-state index in [-0.39, 0.29) is 12.6 Å². The van der Waals surface area contributed by atoms with Crippen LogP contribution in [0, 0.1) is 5.92 Å². The van der Waals surface area contributed by atoms with E-state index in [4.69, 9.17) is 19.0 Å². The Morgan fingerprint density at radius 3 is 1.63 bits per heavy atom. The summed E-state index contributed by atoms with van der Waals surface area (Å²) in [4.78, 5) is 18.2. The van der Waals surface area contributed by atoms with Gasteiger partial charge in [-0.05, 0) is 24.3 Å². The number of hydrogen-bond donors (Lipinski definition) is 2. The fourth-order valence-corrected chi connectivity index (χ4v) is 5.49. The lowest BCUT2D eigenvalue weighted by Gasteiger charge is -2.36. The summed E-state index contributed by atoms with van der Waals surface area (Å²) >= 11 is 1.79. The van der Waals surface area contributed by atoms with Gasteiger partial charge in [0.25, 0.3) is 0 Å². The van der Waals surface area contributed by atoms with Crippen LogP contribution in [0.3, 0.4) is 0 Å². The van der Waals surface area contributed by atoms with Crippen molar-refractivity contribution in [3.05, 3.63) is 0 Å². The minimum Gasteiger partial charge on any atom is -0.381 e. The number of unbranched alkanes of at least 4 members (excludes halogenated alkanes) is 14. The standard InChI is InChI=1S/C27H58NO5PS/c1-6-7-8-9-10-11-12-13-14-15-16-17-18-19-20-21-32-23-26(25-35-5)22-27(28(2,3)4)24-33-34(29,30)31/h26-27H,6-25H2,1-5H3,(H-,29,30,31)/p+1. The van der Waals surface area contributed by atoms with Crippen LogP contribution in [0.25, 0.3) is 0 Å². The topological polar surface area (TPSA) is 76.0 Å². The molecule has 0 saturated carbocycles. The molecule has 8 heteroatoms. The number of ether oxygens (including phenoxy) is 1. The highest BCUT2D eigenvalue weighted by molar-refractivity contribution is 7.98. The van der Waals surface area contributed by atoms with Crippen molar-refractivity contribution < 1.29 is 28.1 Å². The number of phosphoric acid groups is 1. The van der Waals surface area contributed by atoms with Crippen LogP contribution in [0.2, 0.25) is 0 Å². The molecule has 6 nitrogen and oxygen atoms in total. The summed E-state index contributed by atoms with van der Waals surface area (Å²) in [6.07, 6.45) is 23.4. The third-order valence-electron chi connectivity index (χ3n) is 6.78.